The number of ketones is 1. The molecule has 0 N–H and O–H groups in total. The first-order chi connectivity index (χ1) is 14.7. The van der Waals surface area contributed by atoms with E-state index >= 15 is 0 Å². The molecule has 0 saturated heterocycles. The minimum absolute atomic E-state index is 0.208. The van der Waals surface area contributed by atoms with Crippen LogP contribution < -0.4 is 9.47 Å². The summed E-state index contributed by atoms with van der Waals surface area (Å²) in [6.07, 6.45) is 4.02. The number of ether oxygens (including phenoxy) is 3. The highest BCUT2D eigenvalue weighted by molar-refractivity contribution is 6.14. The molecular weight excluding hydrogens is 382 g/mol. The van der Waals surface area contributed by atoms with Crippen LogP contribution in [0.15, 0.2) is 78.8 Å². The van der Waals surface area contributed by atoms with Gasteiger partial charge < -0.3 is 14.2 Å². The minimum Gasteiger partial charge on any atom is -0.474 e. The maximum atomic E-state index is 12.6. The number of carbonyl (C=O) groups is 2. The second kappa shape index (κ2) is 8.61. The SMILES string of the molecule is CCOC(=O)C(Oc1ccc2c(c1)OC(=Cc1cccnc1)C2=O)c1ccccc1. The summed E-state index contributed by atoms with van der Waals surface area (Å²) in [5.74, 6) is 0.276. The van der Waals surface area contributed by atoms with Gasteiger partial charge in [-0.25, -0.2) is 4.79 Å². The monoisotopic (exact) mass is 401 g/mol. The van der Waals surface area contributed by atoms with Crippen LogP contribution in [0.25, 0.3) is 6.08 Å². The van der Waals surface area contributed by atoms with Crippen molar-refractivity contribution in [2.24, 2.45) is 0 Å². The van der Waals surface area contributed by atoms with E-state index < -0.39 is 12.1 Å². The fourth-order valence-corrected chi connectivity index (χ4v) is 3.09. The van der Waals surface area contributed by atoms with Crippen molar-refractivity contribution in [1.82, 2.24) is 4.98 Å². The van der Waals surface area contributed by atoms with Crippen molar-refractivity contribution in [2.75, 3.05) is 6.61 Å². The number of carbonyl (C=O) groups excluding carboxylic acids is 2. The molecule has 30 heavy (non-hydrogen) atoms. The second-order valence-corrected chi connectivity index (χ2v) is 6.54. The molecule has 0 amide bonds. The average molecular weight is 401 g/mol. The Morgan fingerprint density at radius 3 is 2.70 bits per heavy atom. The molecule has 2 aromatic carbocycles. The summed E-state index contributed by atoms with van der Waals surface area (Å²) in [7, 11) is 0. The number of esters is 1. The van der Waals surface area contributed by atoms with Gasteiger partial charge >= 0.3 is 5.97 Å². The maximum absolute atomic E-state index is 12.6. The van der Waals surface area contributed by atoms with E-state index in [4.69, 9.17) is 14.2 Å². The van der Waals surface area contributed by atoms with Gasteiger partial charge in [0.2, 0.25) is 11.9 Å². The van der Waals surface area contributed by atoms with Gasteiger partial charge in [0, 0.05) is 24.0 Å². The Balaban J connectivity index is 1.59. The Bertz CT molecular complexity index is 1090. The molecule has 0 bridgehead atoms. The van der Waals surface area contributed by atoms with Gasteiger partial charge in [-0.05, 0) is 36.8 Å². The predicted molar refractivity (Wildman–Crippen MR) is 110 cm³/mol. The molecule has 1 atom stereocenters. The van der Waals surface area contributed by atoms with E-state index in [1.165, 1.54) is 0 Å². The molecule has 6 nitrogen and oxygen atoms in total. The number of allylic oxidation sites excluding steroid dienone is 1. The molecule has 1 aromatic heterocycles. The molecule has 3 aromatic rings. The van der Waals surface area contributed by atoms with Gasteiger partial charge in [0.05, 0.1) is 12.2 Å². The van der Waals surface area contributed by atoms with Crippen molar-refractivity contribution >= 4 is 17.8 Å². The van der Waals surface area contributed by atoms with Crippen molar-refractivity contribution < 1.29 is 23.8 Å². The van der Waals surface area contributed by atoms with Crippen LogP contribution in [0.2, 0.25) is 0 Å². The standard InChI is InChI=1S/C24H19NO5/c1-2-28-24(27)23(17-8-4-3-5-9-17)29-18-10-11-19-20(14-18)30-21(22(19)26)13-16-7-6-12-25-15-16/h3-15,23H,2H2,1H3. The molecule has 0 saturated carbocycles. The largest absolute Gasteiger partial charge is 0.474 e. The van der Waals surface area contributed by atoms with E-state index in [-0.39, 0.29) is 18.1 Å². The van der Waals surface area contributed by atoms with Gasteiger partial charge in [-0.3, -0.25) is 9.78 Å². The molecule has 150 valence electrons. The highest BCUT2D eigenvalue weighted by Gasteiger charge is 2.29. The van der Waals surface area contributed by atoms with Crippen LogP contribution in [0.3, 0.4) is 0 Å². The zero-order valence-corrected chi connectivity index (χ0v) is 16.3. The van der Waals surface area contributed by atoms with E-state index in [2.05, 4.69) is 4.98 Å². The van der Waals surface area contributed by atoms with Crippen LogP contribution in [0.5, 0.6) is 11.5 Å². The molecule has 1 aliphatic heterocycles. The molecular formula is C24H19NO5. The zero-order chi connectivity index (χ0) is 20.9. The number of rotatable bonds is 6. The fraction of sp³-hybridized carbons (Fsp3) is 0.125. The normalized spacial score (nSPS) is 14.7. The third kappa shape index (κ3) is 4.07. The summed E-state index contributed by atoms with van der Waals surface area (Å²) in [5.41, 5.74) is 1.87. The summed E-state index contributed by atoms with van der Waals surface area (Å²) in [6, 6.07) is 17.6. The average Bonchev–Trinajstić information content (AvgIpc) is 3.08. The van der Waals surface area contributed by atoms with Crippen molar-refractivity contribution in [3.8, 4) is 11.5 Å². The molecule has 1 aliphatic rings. The van der Waals surface area contributed by atoms with Gasteiger partial charge in [0.15, 0.2) is 5.76 Å². The third-order valence-corrected chi connectivity index (χ3v) is 4.48. The Morgan fingerprint density at radius 2 is 1.97 bits per heavy atom. The molecule has 1 unspecified atom stereocenters. The van der Waals surface area contributed by atoms with Gasteiger partial charge in [-0.15, -0.1) is 0 Å². The zero-order valence-electron chi connectivity index (χ0n) is 16.3. The van der Waals surface area contributed by atoms with Crippen LogP contribution in [0, 0.1) is 0 Å². The number of nitrogens with zero attached hydrogens (tertiary/aromatic N) is 1. The molecule has 0 spiro atoms. The number of hydrogen-bond donors (Lipinski definition) is 0. The van der Waals surface area contributed by atoms with Crippen LogP contribution in [-0.4, -0.2) is 23.3 Å². The lowest BCUT2D eigenvalue weighted by Gasteiger charge is -2.18. The second-order valence-electron chi connectivity index (χ2n) is 6.54. The van der Waals surface area contributed by atoms with E-state index in [1.54, 1.807) is 61.8 Å². The number of pyridine rings is 1. The van der Waals surface area contributed by atoms with Gasteiger partial charge in [-0.1, -0.05) is 36.4 Å². The maximum Gasteiger partial charge on any atom is 0.352 e. The van der Waals surface area contributed by atoms with E-state index in [1.807, 2.05) is 24.3 Å². The lowest BCUT2D eigenvalue weighted by Crippen LogP contribution is -2.21. The summed E-state index contributed by atoms with van der Waals surface area (Å²) in [4.78, 5) is 29.1. The molecule has 6 heteroatoms. The van der Waals surface area contributed by atoms with Crippen LogP contribution in [0.4, 0.5) is 0 Å². The molecule has 0 fully saturated rings. The molecule has 0 aliphatic carbocycles. The predicted octanol–water partition coefficient (Wildman–Crippen LogP) is 4.38. The lowest BCUT2D eigenvalue weighted by molar-refractivity contribution is -0.151. The van der Waals surface area contributed by atoms with Gasteiger partial charge in [-0.2, -0.15) is 0 Å². The van der Waals surface area contributed by atoms with E-state index in [0.717, 1.165) is 5.56 Å². The number of aromatic nitrogens is 1. The minimum atomic E-state index is -0.924. The van der Waals surface area contributed by atoms with Crippen molar-refractivity contribution in [3.05, 3.63) is 95.5 Å². The molecule has 0 radical (unpaired) electrons. The number of benzene rings is 2. The van der Waals surface area contributed by atoms with Gasteiger partial charge in [0.25, 0.3) is 0 Å². The van der Waals surface area contributed by atoms with Crippen molar-refractivity contribution in [1.29, 1.82) is 0 Å². The van der Waals surface area contributed by atoms with E-state index in [9.17, 15) is 9.59 Å². The summed E-state index contributed by atoms with van der Waals surface area (Å²) in [6.45, 7) is 1.99. The summed E-state index contributed by atoms with van der Waals surface area (Å²) in [5, 5.41) is 0. The van der Waals surface area contributed by atoms with Crippen LogP contribution in [-0.2, 0) is 9.53 Å². The number of hydrogen-bond acceptors (Lipinski definition) is 6. The first-order valence-corrected chi connectivity index (χ1v) is 9.52. The topological polar surface area (TPSA) is 74.7 Å². The molecule has 2 heterocycles. The number of fused-ring (bicyclic) bond motifs is 1. The lowest BCUT2D eigenvalue weighted by atomic mass is 10.1. The first kappa shape index (κ1) is 19.4. The van der Waals surface area contributed by atoms with Crippen molar-refractivity contribution in [2.45, 2.75) is 13.0 Å². The van der Waals surface area contributed by atoms with Crippen LogP contribution >= 0.6 is 0 Å². The highest BCUT2D eigenvalue weighted by Crippen LogP contribution is 2.36. The smallest absolute Gasteiger partial charge is 0.352 e. The Morgan fingerprint density at radius 1 is 1.13 bits per heavy atom. The number of Topliss-reactive ketones (excluding diaryl/α,β-unsaturated/α-hetero) is 1. The third-order valence-electron chi connectivity index (χ3n) is 4.48. The van der Waals surface area contributed by atoms with Gasteiger partial charge in [0.1, 0.15) is 11.5 Å². The quantitative estimate of drug-likeness (QED) is 0.451. The Kier molecular flexibility index (Phi) is 5.57. The van der Waals surface area contributed by atoms with Crippen molar-refractivity contribution in [3.63, 3.8) is 0 Å². The molecule has 4 rings (SSSR count). The Hall–Kier alpha value is -3.93. The van der Waals surface area contributed by atoms with Crippen LogP contribution in [0.1, 0.15) is 34.5 Å². The highest BCUT2D eigenvalue weighted by atomic mass is 16.6. The fourth-order valence-electron chi connectivity index (χ4n) is 3.09. The summed E-state index contributed by atoms with van der Waals surface area (Å²) >= 11 is 0. The Labute approximate surface area is 173 Å². The summed E-state index contributed by atoms with van der Waals surface area (Å²) < 4.78 is 16.8. The van der Waals surface area contributed by atoms with E-state index in [0.29, 0.717) is 22.6 Å². The first-order valence-electron chi connectivity index (χ1n) is 9.52.